The molecule has 2 aromatic carbocycles. The van der Waals surface area contributed by atoms with Gasteiger partial charge in [0.05, 0.1) is 16.5 Å². The predicted molar refractivity (Wildman–Crippen MR) is 87.8 cm³/mol. The van der Waals surface area contributed by atoms with Crippen LogP contribution >= 0.6 is 15.9 Å². The largest absolute Gasteiger partial charge is 0.345 e. The summed E-state index contributed by atoms with van der Waals surface area (Å²) < 4.78 is 35.8. The van der Waals surface area contributed by atoms with Gasteiger partial charge in [-0.1, -0.05) is 12.1 Å². The molecule has 2 rings (SSSR count). The van der Waals surface area contributed by atoms with E-state index in [1.54, 1.807) is 19.1 Å². The number of benzene rings is 2. The van der Waals surface area contributed by atoms with Gasteiger partial charge in [-0.2, -0.15) is 0 Å². The Labute approximate surface area is 141 Å². The second kappa shape index (κ2) is 6.77. The van der Waals surface area contributed by atoms with Crippen LogP contribution < -0.4 is 10.5 Å². The molecule has 1 unspecified atom stereocenters. The van der Waals surface area contributed by atoms with Crippen LogP contribution in [0.4, 0.5) is 4.39 Å². The zero-order valence-electron chi connectivity index (χ0n) is 12.1. The molecule has 0 aliphatic carbocycles. The Balaban J connectivity index is 2.15. The van der Waals surface area contributed by atoms with Gasteiger partial charge in [-0.25, -0.2) is 17.9 Å². The Morgan fingerprint density at radius 1 is 1.22 bits per heavy atom. The first-order valence-corrected chi connectivity index (χ1v) is 8.91. The second-order valence-electron chi connectivity index (χ2n) is 4.93. The topological polar surface area (TPSA) is 89.3 Å². The highest BCUT2D eigenvalue weighted by molar-refractivity contribution is 9.10. The van der Waals surface area contributed by atoms with Crippen LogP contribution in [0.1, 0.15) is 28.9 Å². The second-order valence-corrected chi connectivity index (χ2v) is 7.35. The van der Waals surface area contributed by atoms with Crippen LogP contribution in [-0.4, -0.2) is 14.3 Å². The minimum atomic E-state index is -3.75. The fourth-order valence-corrected chi connectivity index (χ4v) is 3.02. The van der Waals surface area contributed by atoms with E-state index in [9.17, 15) is 17.6 Å². The van der Waals surface area contributed by atoms with Gasteiger partial charge < -0.3 is 5.32 Å². The van der Waals surface area contributed by atoms with Crippen LogP contribution in [0, 0.1) is 5.82 Å². The molecule has 0 saturated heterocycles. The summed E-state index contributed by atoms with van der Waals surface area (Å²) in [6.45, 7) is 1.75. The van der Waals surface area contributed by atoms with Crippen molar-refractivity contribution in [3.63, 3.8) is 0 Å². The number of carbonyl (C=O) groups is 1. The van der Waals surface area contributed by atoms with E-state index >= 15 is 0 Å². The third kappa shape index (κ3) is 4.37. The van der Waals surface area contributed by atoms with Crippen LogP contribution in [0.3, 0.4) is 0 Å². The van der Waals surface area contributed by atoms with Gasteiger partial charge >= 0.3 is 0 Å². The molecule has 0 spiro atoms. The number of primary sulfonamides is 1. The van der Waals surface area contributed by atoms with E-state index in [0.29, 0.717) is 15.6 Å². The zero-order chi connectivity index (χ0) is 17.2. The summed E-state index contributed by atoms with van der Waals surface area (Å²) in [6, 6.07) is 9.32. The molecule has 0 radical (unpaired) electrons. The van der Waals surface area contributed by atoms with E-state index in [0.717, 1.165) is 0 Å². The number of sulfonamides is 1. The van der Waals surface area contributed by atoms with Gasteiger partial charge in [0.15, 0.2) is 0 Å². The molecule has 0 fully saturated rings. The average molecular weight is 401 g/mol. The lowest BCUT2D eigenvalue weighted by atomic mass is 10.1. The molecule has 0 aliphatic heterocycles. The van der Waals surface area contributed by atoms with Gasteiger partial charge in [0, 0.05) is 4.47 Å². The van der Waals surface area contributed by atoms with E-state index in [1.165, 1.54) is 30.3 Å². The molecule has 23 heavy (non-hydrogen) atoms. The summed E-state index contributed by atoms with van der Waals surface area (Å²) in [5, 5.41) is 7.79. The third-order valence-corrected chi connectivity index (χ3v) is 4.82. The van der Waals surface area contributed by atoms with Crippen molar-refractivity contribution in [2.24, 2.45) is 5.14 Å². The molecule has 3 N–H and O–H groups in total. The Hall–Kier alpha value is -1.77. The molecule has 0 saturated carbocycles. The summed E-state index contributed by atoms with van der Waals surface area (Å²) >= 11 is 3.14. The third-order valence-electron chi connectivity index (χ3n) is 3.23. The lowest BCUT2D eigenvalue weighted by Crippen LogP contribution is -2.27. The van der Waals surface area contributed by atoms with Crippen molar-refractivity contribution in [2.75, 3.05) is 0 Å². The standard InChI is InChI=1S/C15H14BrFN2O3S/c1-9(10-2-5-12(6-3-10)23(18,21)22)19-15(20)13-7-4-11(17)8-14(13)16/h2-9H,1H3,(H,19,20)(H2,18,21,22). The fourth-order valence-electron chi connectivity index (χ4n) is 1.98. The molecule has 2 aromatic rings. The summed E-state index contributed by atoms with van der Waals surface area (Å²) in [4.78, 5) is 12.2. The lowest BCUT2D eigenvalue weighted by Gasteiger charge is -2.15. The molecular formula is C15H14BrFN2O3S. The van der Waals surface area contributed by atoms with Crippen molar-refractivity contribution in [3.8, 4) is 0 Å². The number of nitrogens with one attached hydrogen (secondary N) is 1. The highest BCUT2D eigenvalue weighted by Gasteiger charge is 2.15. The Bertz CT molecular complexity index is 838. The summed E-state index contributed by atoms with van der Waals surface area (Å²) in [5.41, 5.74) is 1.02. The number of rotatable bonds is 4. The number of hydrogen-bond acceptors (Lipinski definition) is 3. The van der Waals surface area contributed by atoms with Crippen molar-refractivity contribution in [3.05, 3.63) is 63.9 Å². The van der Waals surface area contributed by atoms with Crippen LogP contribution in [0.5, 0.6) is 0 Å². The molecular weight excluding hydrogens is 387 g/mol. The maximum Gasteiger partial charge on any atom is 0.252 e. The van der Waals surface area contributed by atoms with Crippen LogP contribution in [0.2, 0.25) is 0 Å². The highest BCUT2D eigenvalue weighted by Crippen LogP contribution is 2.20. The van der Waals surface area contributed by atoms with Crippen LogP contribution in [0.25, 0.3) is 0 Å². The Kier molecular flexibility index (Phi) is 5.18. The maximum absolute atomic E-state index is 13.1. The van der Waals surface area contributed by atoms with Gasteiger partial charge in [-0.05, 0) is 58.7 Å². The molecule has 0 aromatic heterocycles. The Morgan fingerprint density at radius 2 is 1.83 bits per heavy atom. The van der Waals surface area contributed by atoms with Crippen LogP contribution in [0.15, 0.2) is 51.8 Å². The van der Waals surface area contributed by atoms with E-state index in [4.69, 9.17) is 5.14 Å². The molecule has 8 heteroatoms. The van der Waals surface area contributed by atoms with E-state index in [2.05, 4.69) is 21.2 Å². The van der Waals surface area contributed by atoms with E-state index in [-0.39, 0.29) is 16.8 Å². The van der Waals surface area contributed by atoms with Crippen LogP contribution in [-0.2, 0) is 10.0 Å². The highest BCUT2D eigenvalue weighted by atomic mass is 79.9. The first-order chi connectivity index (χ1) is 10.7. The molecule has 1 atom stereocenters. The molecule has 1 amide bonds. The predicted octanol–water partition coefficient (Wildman–Crippen LogP) is 2.73. The number of nitrogens with two attached hydrogens (primary N) is 1. The molecule has 122 valence electrons. The maximum atomic E-state index is 13.1. The summed E-state index contributed by atoms with van der Waals surface area (Å²) in [7, 11) is -3.75. The van der Waals surface area contributed by atoms with Crippen molar-refractivity contribution < 1.29 is 17.6 Å². The zero-order valence-corrected chi connectivity index (χ0v) is 14.5. The minimum Gasteiger partial charge on any atom is -0.345 e. The molecule has 0 aliphatic rings. The molecule has 0 bridgehead atoms. The van der Waals surface area contributed by atoms with Crippen molar-refractivity contribution in [1.29, 1.82) is 0 Å². The summed E-state index contributed by atoms with van der Waals surface area (Å²) in [6.07, 6.45) is 0. The quantitative estimate of drug-likeness (QED) is 0.826. The Morgan fingerprint density at radius 3 is 2.35 bits per heavy atom. The number of carbonyl (C=O) groups excluding carboxylic acids is 1. The number of halogens is 2. The smallest absolute Gasteiger partial charge is 0.252 e. The van der Waals surface area contributed by atoms with E-state index < -0.39 is 15.8 Å². The first kappa shape index (κ1) is 17.6. The van der Waals surface area contributed by atoms with Gasteiger partial charge in [0.2, 0.25) is 10.0 Å². The summed E-state index contributed by atoms with van der Waals surface area (Å²) in [5.74, 6) is -0.819. The minimum absolute atomic E-state index is 0.000977. The SMILES string of the molecule is CC(NC(=O)c1ccc(F)cc1Br)c1ccc(S(N)(=O)=O)cc1. The van der Waals surface area contributed by atoms with Crippen molar-refractivity contribution >= 4 is 31.9 Å². The molecule has 0 heterocycles. The van der Waals surface area contributed by atoms with Gasteiger partial charge in [0.1, 0.15) is 5.82 Å². The van der Waals surface area contributed by atoms with Crippen molar-refractivity contribution in [2.45, 2.75) is 17.9 Å². The van der Waals surface area contributed by atoms with Crippen molar-refractivity contribution in [1.82, 2.24) is 5.32 Å². The monoisotopic (exact) mass is 400 g/mol. The molecule has 5 nitrogen and oxygen atoms in total. The lowest BCUT2D eigenvalue weighted by molar-refractivity contribution is 0.0939. The van der Waals surface area contributed by atoms with E-state index in [1.807, 2.05) is 0 Å². The van der Waals surface area contributed by atoms with Gasteiger partial charge in [-0.3, -0.25) is 4.79 Å². The van der Waals surface area contributed by atoms with Gasteiger partial charge in [-0.15, -0.1) is 0 Å². The number of hydrogen-bond donors (Lipinski definition) is 2. The average Bonchev–Trinajstić information content (AvgIpc) is 2.46. The first-order valence-electron chi connectivity index (χ1n) is 6.57. The normalized spacial score (nSPS) is 12.7. The fraction of sp³-hybridized carbons (Fsp3) is 0.133. The number of amides is 1. The van der Waals surface area contributed by atoms with Gasteiger partial charge in [0.25, 0.3) is 5.91 Å².